The summed E-state index contributed by atoms with van der Waals surface area (Å²) in [5.74, 6) is -0.0802. The summed E-state index contributed by atoms with van der Waals surface area (Å²) in [6.07, 6.45) is 1.44. The topological polar surface area (TPSA) is 23.6 Å². The van der Waals surface area contributed by atoms with Gasteiger partial charge in [-0.25, -0.2) is 4.39 Å². The van der Waals surface area contributed by atoms with Crippen LogP contribution in [0.2, 0.25) is 0 Å². The minimum Gasteiger partial charge on any atom is -0.309 e. The van der Waals surface area contributed by atoms with Crippen molar-refractivity contribution in [3.63, 3.8) is 0 Å². The van der Waals surface area contributed by atoms with Gasteiger partial charge in [0.05, 0.1) is 6.54 Å². The molecular weight excluding hydrogens is 255 g/mol. The fourth-order valence-corrected chi connectivity index (χ4v) is 2.09. The molecule has 0 heterocycles. The van der Waals surface area contributed by atoms with Crippen LogP contribution in [0, 0.1) is 5.82 Å². The van der Waals surface area contributed by atoms with Gasteiger partial charge in [-0.2, -0.15) is 0 Å². The summed E-state index contributed by atoms with van der Waals surface area (Å²) >= 11 is 0. The predicted octanol–water partition coefficient (Wildman–Crippen LogP) is 2.21. The number of Topliss-reactive ketones (excluding diaryl/α,β-unsaturated/α-hetero) is 1. The molecule has 3 nitrogen and oxygen atoms in total. The molecule has 0 aromatic heterocycles. The molecule has 0 bridgehead atoms. The highest BCUT2D eigenvalue weighted by Crippen LogP contribution is 2.05. The van der Waals surface area contributed by atoms with Gasteiger partial charge in [-0.15, -0.1) is 0 Å². The molecule has 0 aliphatic rings. The Morgan fingerprint density at radius 2 is 1.80 bits per heavy atom. The summed E-state index contributed by atoms with van der Waals surface area (Å²) in [5, 5.41) is 0. The van der Waals surface area contributed by atoms with Crippen LogP contribution >= 0.6 is 0 Å². The fourth-order valence-electron chi connectivity index (χ4n) is 2.09. The lowest BCUT2D eigenvalue weighted by atomic mass is 10.1. The van der Waals surface area contributed by atoms with E-state index in [1.54, 1.807) is 12.1 Å². The number of carbonyl (C=O) groups is 1. The molecule has 0 fully saturated rings. The van der Waals surface area contributed by atoms with E-state index in [9.17, 15) is 9.18 Å². The van der Waals surface area contributed by atoms with Crippen molar-refractivity contribution in [1.82, 2.24) is 9.80 Å². The van der Waals surface area contributed by atoms with Crippen LogP contribution in [0.3, 0.4) is 0 Å². The third-order valence-electron chi connectivity index (χ3n) is 3.24. The standard InChI is InChI=1S/C16H25FN2O/c1-4-19(11-5-10-18(2)3)13-16(20)12-14-6-8-15(17)9-7-14/h6-9H,4-5,10-13H2,1-3H3. The van der Waals surface area contributed by atoms with E-state index in [1.165, 1.54) is 12.1 Å². The average molecular weight is 280 g/mol. The van der Waals surface area contributed by atoms with Crippen LogP contribution in [0.25, 0.3) is 0 Å². The Labute approximate surface area is 121 Å². The van der Waals surface area contributed by atoms with Crippen LogP contribution in [0.15, 0.2) is 24.3 Å². The minimum atomic E-state index is -0.264. The summed E-state index contributed by atoms with van der Waals surface area (Å²) in [4.78, 5) is 16.3. The van der Waals surface area contributed by atoms with Gasteiger partial charge < -0.3 is 4.90 Å². The number of hydrogen-bond donors (Lipinski definition) is 0. The van der Waals surface area contributed by atoms with E-state index in [0.717, 1.165) is 31.6 Å². The van der Waals surface area contributed by atoms with Crippen molar-refractivity contribution in [3.8, 4) is 0 Å². The van der Waals surface area contributed by atoms with Crippen molar-refractivity contribution in [3.05, 3.63) is 35.6 Å². The Bertz CT molecular complexity index is 403. The smallest absolute Gasteiger partial charge is 0.151 e. The molecule has 1 rings (SSSR count). The monoisotopic (exact) mass is 280 g/mol. The number of benzene rings is 1. The lowest BCUT2D eigenvalue weighted by Crippen LogP contribution is -2.32. The Kier molecular flexibility index (Phi) is 7.41. The number of nitrogens with zero attached hydrogens (tertiary/aromatic N) is 2. The zero-order valence-electron chi connectivity index (χ0n) is 12.7. The summed E-state index contributed by atoms with van der Waals surface area (Å²) in [7, 11) is 4.10. The Morgan fingerprint density at radius 3 is 2.35 bits per heavy atom. The summed E-state index contributed by atoms with van der Waals surface area (Å²) < 4.78 is 12.8. The normalized spacial score (nSPS) is 11.3. The Hall–Kier alpha value is -1.26. The van der Waals surface area contributed by atoms with Gasteiger partial charge in [-0.3, -0.25) is 9.69 Å². The molecular formula is C16H25FN2O. The first kappa shape index (κ1) is 16.8. The lowest BCUT2D eigenvalue weighted by molar-refractivity contribution is -0.119. The number of likely N-dealkylation sites (N-methyl/N-ethyl adjacent to an activating group) is 1. The Balaban J connectivity index is 2.36. The van der Waals surface area contributed by atoms with Gasteiger partial charge in [0.2, 0.25) is 0 Å². The molecule has 20 heavy (non-hydrogen) atoms. The first-order chi connectivity index (χ1) is 9.51. The number of carbonyl (C=O) groups excluding carboxylic acids is 1. The molecule has 0 aliphatic carbocycles. The number of hydrogen-bond acceptors (Lipinski definition) is 3. The third kappa shape index (κ3) is 6.78. The highest BCUT2D eigenvalue weighted by atomic mass is 19.1. The average Bonchev–Trinajstić information content (AvgIpc) is 2.40. The lowest BCUT2D eigenvalue weighted by Gasteiger charge is -2.20. The van der Waals surface area contributed by atoms with Crippen molar-refractivity contribution < 1.29 is 9.18 Å². The van der Waals surface area contributed by atoms with Gasteiger partial charge in [0.25, 0.3) is 0 Å². The molecule has 0 amide bonds. The van der Waals surface area contributed by atoms with Crippen molar-refractivity contribution in [2.24, 2.45) is 0 Å². The molecule has 112 valence electrons. The molecule has 0 saturated heterocycles. The first-order valence-corrected chi connectivity index (χ1v) is 7.14. The molecule has 1 aromatic rings. The van der Waals surface area contributed by atoms with E-state index in [0.29, 0.717) is 13.0 Å². The van der Waals surface area contributed by atoms with Crippen molar-refractivity contribution in [2.75, 3.05) is 40.3 Å². The first-order valence-electron chi connectivity index (χ1n) is 7.14. The van der Waals surface area contributed by atoms with E-state index in [-0.39, 0.29) is 11.6 Å². The van der Waals surface area contributed by atoms with Gasteiger partial charge in [-0.1, -0.05) is 19.1 Å². The largest absolute Gasteiger partial charge is 0.309 e. The zero-order valence-corrected chi connectivity index (χ0v) is 12.7. The van der Waals surface area contributed by atoms with E-state index in [4.69, 9.17) is 0 Å². The van der Waals surface area contributed by atoms with E-state index in [1.807, 2.05) is 0 Å². The van der Waals surface area contributed by atoms with Crippen LogP contribution in [0.5, 0.6) is 0 Å². The summed E-state index contributed by atoms with van der Waals surface area (Å²) in [6.45, 7) is 5.39. The fraction of sp³-hybridized carbons (Fsp3) is 0.562. The molecule has 0 spiro atoms. The zero-order chi connectivity index (χ0) is 15.0. The van der Waals surface area contributed by atoms with E-state index in [2.05, 4.69) is 30.8 Å². The molecule has 4 heteroatoms. The maximum Gasteiger partial charge on any atom is 0.151 e. The van der Waals surface area contributed by atoms with E-state index < -0.39 is 0 Å². The molecule has 0 radical (unpaired) electrons. The summed E-state index contributed by atoms with van der Waals surface area (Å²) in [6, 6.07) is 6.15. The second kappa shape index (κ2) is 8.82. The maximum absolute atomic E-state index is 12.8. The second-order valence-electron chi connectivity index (χ2n) is 5.37. The van der Waals surface area contributed by atoms with Crippen molar-refractivity contribution in [2.45, 2.75) is 19.8 Å². The number of rotatable bonds is 9. The number of halogens is 1. The van der Waals surface area contributed by atoms with Crippen LogP contribution < -0.4 is 0 Å². The third-order valence-corrected chi connectivity index (χ3v) is 3.24. The summed E-state index contributed by atoms with van der Waals surface area (Å²) in [5.41, 5.74) is 0.876. The van der Waals surface area contributed by atoms with Crippen molar-refractivity contribution >= 4 is 5.78 Å². The van der Waals surface area contributed by atoms with Gasteiger partial charge in [0, 0.05) is 6.42 Å². The molecule has 0 aliphatic heterocycles. The molecule has 0 unspecified atom stereocenters. The second-order valence-corrected chi connectivity index (χ2v) is 5.37. The molecule has 0 saturated carbocycles. The van der Waals surface area contributed by atoms with Gasteiger partial charge in [0.1, 0.15) is 5.82 Å². The SMILES string of the molecule is CCN(CCCN(C)C)CC(=O)Cc1ccc(F)cc1. The molecule has 1 aromatic carbocycles. The quantitative estimate of drug-likeness (QED) is 0.693. The van der Waals surface area contributed by atoms with Crippen LogP contribution in [0.1, 0.15) is 18.9 Å². The van der Waals surface area contributed by atoms with Crippen molar-refractivity contribution in [1.29, 1.82) is 0 Å². The number of ketones is 1. The van der Waals surface area contributed by atoms with Gasteiger partial charge in [0.15, 0.2) is 5.78 Å². The predicted molar refractivity (Wildman–Crippen MR) is 80.4 cm³/mol. The van der Waals surface area contributed by atoms with Gasteiger partial charge >= 0.3 is 0 Å². The highest BCUT2D eigenvalue weighted by Gasteiger charge is 2.10. The van der Waals surface area contributed by atoms with Crippen LogP contribution in [-0.2, 0) is 11.2 Å². The van der Waals surface area contributed by atoms with Crippen LogP contribution in [-0.4, -0.2) is 55.9 Å². The highest BCUT2D eigenvalue weighted by molar-refractivity contribution is 5.82. The van der Waals surface area contributed by atoms with Crippen LogP contribution in [0.4, 0.5) is 4.39 Å². The molecule has 0 N–H and O–H groups in total. The minimum absolute atomic E-state index is 0.184. The van der Waals surface area contributed by atoms with E-state index >= 15 is 0 Å². The van der Waals surface area contributed by atoms with Gasteiger partial charge in [-0.05, 0) is 57.8 Å². The maximum atomic E-state index is 12.8. The Morgan fingerprint density at radius 1 is 1.15 bits per heavy atom. The molecule has 0 atom stereocenters.